The molecule has 0 saturated carbocycles. The molecule has 142 valence electrons. The topological polar surface area (TPSA) is 75.7 Å². The summed E-state index contributed by atoms with van der Waals surface area (Å²) in [7, 11) is -2.17. The van der Waals surface area contributed by atoms with E-state index in [-0.39, 0.29) is 27.6 Å². The number of carbonyl (C=O) groups is 1. The Morgan fingerprint density at radius 1 is 1.28 bits per heavy atom. The number of nitrogens with one attached hydrogen (secondary N) is 1. The zero-order valence-corrected chi connectivity index (χ0v) is 16.9. The Morgan fingerprint density at radius 3 is 2.48 bits per heavy atom. The Balaban J connectivity index is 2.86. The molecule has 0 saturated heterocycles. The number of sulfonamides is 1. The first-order chi connectivity index (χ1) is 11.6. The number of hydrogen-bond acceptors (Lipinski definition) is 4. The Morgan fingerprint density at radius 2 is 1.92 bits per heavy atom. The van der Waals surface area contributed by atoms with E-state index in [2.05, 4.69) is 5.32 Å². The van der Waals surface area contributed by atoms with Gasteiger partial charge < -0.3 is 10.1 Å². The van der Waals surface area contributed by atoms with Gasteiger partial charge in [-0.05, 0) is 52.3 Å². The molecule has 0 aromatic heterocycles. The van der Waals surface area contributed by atoms with Gasteiger partial charge in [0, 0.05) is 26.2 Å². The van der Waals surface area contributed by atoms with E-state index in [1.807, 2.05) is 13.8 Å². The van der Waals surface area contributed by atoms with Gasteiger partial charge in [0.1, 0.15) is 0 Å². The van der Waals surface area contributed by atoms with E-state index in [0.29, 0.717) is 19.6 Å². The number of hydrogen-bond donors (Lipinski definition) is 1. The van der Waals surface area contributed by atoms with Gasteiger partial charge in [-0.1, -0.05) is 11.6 Å². The molecular weight excluding hydrogens is 364 g/mol. The molecule has 1 N–H and O–H groups in total. The molecule has 1 aromatic carbocycles. The van der Waals surface area contributed by atoms with Crippen molar-refractivity contribution in [2.24, 2.45) is 0 Å². The average molecular weight is 391 g/mol. The van der Waals surface area contributed by atoms with Crippen LogP contribution in [0.15, 0.2) is 23.1 Å². The van der Waals surface area contributed by atoms with Gasteiger partial charge in [0.05, 0.1) is 21.6 Å². The second-order valence-corrected chi connectivity index (χ2v) is 8.69. The summed E-state index contributed by atoms with van der Waals surface area (Å²) in [6, 6.07) is 3.96. The van der Waals surface area contributed by atoms with Crippen molar-refractivity contribution in [3.8, 4) is 0 Å². The second kappa shape index (κ2) is 9.52. The lowest BCUT2D eigenvalue weighted by Gasteiger charge is -2.21. The molecule has 25 heavy (non-hydrogen) atoms. The third-order valence-corrected chi connectivity index (χ3v) is 6.00. The first-order valence-corrected chi connectivity index (χ1v) is 10.1. The van der Waals surface area contributed by atoms with Crippen LogP contribution in [0.2, 0.25) is 5.02 Å². The van der Waals surface area contributed by atoms with Crippen LogP contribution in [0.5, 0.6) is 0 Å². The zero-order valence-electron chi connectivity index (χ0n) is 15.4. The molecule has 8 heteroatoms. The quantitative estimate of drug-likeness (QED) is 0.658. The fourth-order valence-corrected chi connectivity index (χ4v) is 3.57. The standard InChI is InChI=1S/C17H27ClN2O4S/c1-12(2)20(5)25(22,23)14-7-8-16(18)15(11-14)17(21)19-9-6-10-24-13(3)4/h7-8,11-13H,6,9-10H2,1-5H3,(H,19,21). The minimum Gasteiger partial charge on any atom is -0.379 e. The molecule has 0 radical (unpaired) electrons. The number of halogens is 1. The number of amides is 1. The van der Waals surface area contributed by atoms with Crippen LogP contribution in [0.1, 0.15) is 44.5 Å². The number of rotatable bonds is 9. The van der Waals surface area contributed by atoms with Crippen molar-refractivity contribution in [3.05, 3.63) is 28.8 Å². The maximum absolute atomic E-state index is 12.6. The zero-order chi connectivity index (χ0) is 19.2. The summed E-state index contributed by atoms with van der Waals surface area (Å²) in [6.07, 6.45) is 0.806. The Kier molecular flexibility index (Phi) is 8.34. The molecule has 0 aliphatic heterocycles. The van der Waals surface area contributed by atoms with E-state index < -0.39 is 15.9 Å². The maximum Gasteiger partial charge on any atom is 0.252 e. The van der Waals surface area contributed by atoms with E-state index in [9.17, 15) is 13.2 Å². The van der Waals surface area contributed by atoms with Crippen molar-refractivity contribution in [3.63, 3.8) is 0 Å². The minimum atomic E-state index is -3.67. The molecule has 0 atom stereocenters. The lowest BCUT2D eigenvalue weighted by molar-refractivity contribution is 0.0757. The van der Waals surface area contributed by atoms with Crippen LogP contribution in [0, 0.1) is 0 Å². The van der Waals surface area contributed by atoms with E-state index in [1.165, 1.54) is 29.6 Å². The molecule has 1 aromatic rings. The van der Waals surface area contributed by atoms with Crippen LogP contribution in [0.4, 0.5) is 0 Å². The van der Waals surface area contributed by atoms with Gasteiger partial charge in [-0.15, -0.1) is 0 Å². The highest BCUT2D eigenvalue weighted by Crippen LogP contribution is 2.23. The van der Waals surface area contributed by atoms with E-state index in [0.717, 1.165) is 0 Å². The molecule has 0 unspecified atom stereocenters. The normalized spacial score (nSPS) is 12.2. The molecule has 1 amide bonds. The van der Waals surface area contributed by atoms with Crippen molar-refractivity contribution in [2.45, 2.75) is 51.2 Å². The second-order valence-electron chi connectivity index (χ2n) is 6.29. The van der Waals surface area contributed by atoms with E-state index >= 15 is 0 Å². The number of benzene rings is 1. The van der Waals surface area contributed by atoms with Gasteiger partial charge in [0.15, 0.2) is 0 Å². The molecule has 0 heterocycles. The molecule has 0 aliphatic carbocycles. The summed E-state index contributed by atoms with van der Waals surface area (Å²) in [5.74, 6) is -0.404. The smallest absolute Gasteiger partial charge is 0.252 e. The lowest BCUT2D eigenvalue weighted by atomic mass is 10.2. The molecule has 6 nitrogen and oxygen atoms in total. The number of carbonyl (C=O) groups excluding carboxylic acids is 1. The Bertz CT molecular complexity index is 690. The first kappa shape index (κ1) is 21.9. The maximum atomic E-state index is 12.6. The summed E-state index contributed by atoms with van der Waals surface area (Å²) in [5.41, 5.74) is 0.143. The third kappa shape index (κ3) is 6.26. The number of nitrogens with zero attached hydrogens (tertiary/aromatic N) is 1. The van der Waals surface area contributed by atoms with E-state index in [1.54, 1.807) is 13.8 Å². The van der Waals surface area contributed by atoms with Crippen molar-refractivity contribution < 1.29 is 17.9 Å². The summed E-state index contributed by atoms with van der Waals surface area (Å²) >= 11 is 6.07. The van der Waals surface area contributed by atoms with Gasteiger partial charge >= 0.3 is 0 Å². The molecule has 0 spiro atoms. The third-order valence-electron chi connectivity index (χ3n) is 3.64. The monoisotopic (exact) mass is 390 g/mol. The van der Waals surface area contributed by atoms with Crippen LogP contribution < -0.4 is 5.32 Å². The first-order valence-electron chi connectivity index (χ1n) is 8.24. The summed E-state index contributed by atoms with van der Waals surface area (Å²) in [6.45, 7) is 8.40. The van der Waals surface area contributed by atoms with Crippen molar-refractivity contribution in [1.82, 2.24) is 9.62 Å². The van der Waals surface area contributed by atoms with Gasteiger partial charge in [-0.25, -0.2) is 8.42 Å². The highest BCUT2D eigenvalue weighted by Gasteiger charge is 2.24. The van der Waals surface area contributed by atoms with Gasteiger partial charge in [-0.2, -0.15) is 4.31 Å². The molecule has 0 bridgehead atoms. The summed E-state index contributed by atoms with van der Waals surface area (Å²) < 4.78 is 31.8. The van der Waals surface area contributed by atoms with Crippen LogP contribution in [-0.2, 0) is 14.8 Å². The summed E-state index contributed by atoms with van der Waals surface area (Å²) in [5, 5.41) is 2.94. The molecule has 0 fully saturated rings. The predicted molar refractivity (Wildman–Crippen MR) is 99.6 cm³/mol. The van der Waals surface area contributed by atoms with Crippen LogP contribution in [-0.4, -0.2) is 51.0 Å². The van der Waals surface area contributed by atoms with Gasteiger partial charge in [0.2, 0.25) is 10.0 Å². The highest BCUT2D eigenvalue weighted by atomic mass is 35.5. The molecule has 1 rings (SSSR count). The number of ether oxygens (including phenoxy) is 1. The van der Waals surface area contributed by atoms with Crippen LogP contribution in [0.3, 0.4) is 0 Å². The molecule has 0 aliphatic rings. The van der Waals surface area contributed by atoms with Crippen LogP contribution in [0.25, 0.3) is 0 Å². The van der Waals surface area contributed by atoms with Gasteiger partial charge in [-0.3, -0.25) is 4.79 Å². The Hall–Kier alpha value is -1.15. The van der Waals surface area contributed by atoms with E-state index in [4.69, 9.17) is 16.3 Å². The predicted octanol–water partition coefficient (Wildman–Crippen LogP) is 2.91. The highest BCUT2D eigenvalue weighted by molar-refractivity contribution is 7.89. The lowest BCUT2D eigenvalue weighted by Crippen LogP contribution is -2.33. The van der Waals surface area contributed by atoms with Gasteiger partial charge in [0.25, 0.3) is 5.91 Å². The largest absolute Gasteiger partial charge is 0.379 e. The SMILES string of the molecule is CC(C)OCCCNC(=O)c1cc(S(=O)(=O)N(C)C(C)C)ccc1Cl. The van der Waals surface area contributed by atoms with Crippen LogP contribution >= 0.6 is 11.6 Å². The summed E-state index contributed by atoms with van der Waals surface area (Å²) in [4.78, 5) is 12.3. The van der Waals surface area contributed by atoms with Crippen molar-refractivity contribution in [2.75, 3.05) is 20.2 Å². The van der Waals surface area contributed by atoms with Crippen molar-refractivity contribution in [1.29, 1.82) is 0 Å². The minimum absolute atomic E-state index is 0.0430. The van der Waals surface area contributed by atoms with Crippen molar-refractivity contribution >= 4 is 27.5 Å². The fourth-order valence-electron chi connectivity index (χ4n) is 1.97. The fraction of sp³-hybridized carbons (Fsp3) is 0.588. The Labute approximate surface area is 155 Å². The molecular formula is C17H27ClN2O4S. The average Bonchev–Trinajstić information content (AvgIpc) is 2.53.